The average molecular weight is 302 g/mol. The highest BCUT2D eigenvalue weighted by molar-refractivity contribution is 6.62. The molecule has 2 rings (SSSR count). The molecule has 0 N–H and O–H groups in total. The lowest BCUT2D eigenvalue weighted by atomic mass is 9.77. The van der Waals surface area contributed by atoms with E-state index in [1.54, 1.807) is 0 Å². The summed E-state index contributed by atoms with van der Waals surface area (Å²) in [6, 6.07) is 5.94. The summed E-state index contributed by atoms with van der Waals surface area (Å²) in [7, 11) is -0.414. The minimum atomic E-state index is -0.414. The van der Waals surface area contributed by atoms with Crippen molar-refractivity contribution < 1.29 is 14.1 Å². The lowest BCUT2D eigenvalue weighted by molar-refractivity contribution is 0.00578. The molecule has 1 fully saturated rings. The van der Waals surface area contributed by atoms with Crippen LogP contribution >= 0.6 is 0 Å². The summed E-state index contributed by atoms with van der Waals surface area (Å²) in [6.07, 6.45) is 2.96. The Morgan fingerprint density at radius 2 is 1.68 bits per heavy atom. The molecule has 0 atom stereocenters. The van der Waals surface area contributed by atoms with Crippen LogP contribution in [0, 0.1) is 5.92 Å². The first-order valence-electron chi connectivity index (χ1n) is 8.09. The second kappa shape index (κ2) is 6.17. The largest absolute Gasteiger partial charge is 0.494 e. The van der Waals surface area contributed by atoms with Gasteiger partial charge < -0.3 is 9.31 Å². The molecular formula is C18H27BO3. The van der Waals surface area contributed by atoms with Crippen LogP contribution in [0.25, 0.3) is 0 Å². The molecule has 0 bridgehead atoms. The predicted octanol–water partition coefficient (Wildman–Crippen LogP) is 3.39. The molecule has 4 heteroatoms. The Bertz CT molecular complexity index is 533. The zero-order chi connectivity index (χ0) is 16.5. The molecular weight excluding hydrogens is 275 g/mol. The Morgan fingerprint density at radius 1 is 1.09 bits per heavy atom. The first-order valence-corrected chi connectivity index (χ1v) is 8.09. The van der Waals surface area contributed by atoms with Crippen molar-refractivity contribution in [3.05, 3.63) is 29.3 Å². The number of hydrogen-bond donors (Lipinski definition) is 0. The molecule has 22 heavy (non-hydrogen) atoms. The van der Waals surface area contributed by atoms with Gasteiger partial charge in [0, 0.05) is 5.56 Å². The van der Waals surface area contributed by atoms with Gasteiger partial charge in [-0.15, -0.1) is 0 Å². The Hall–Kier alpha value is -1.13. The standard InChI is InChI=1S/C18H27BO3/c1-13(2)7-8-14-9-15(12-20)11-16(10-14)19-21-17(3,4)18(5,6)22-19/h9-13H,7-8H2,1-6H3. The van der Waals surface area contributed by atoms with Crippen molar-refractivity contribution in [2.45, 2.75) is 65.6 Å². The SMILES string of the molecule is CC(C)CCc1cc(C=O)cc(B2OC(C)(C)C(C)(C)O2)c1. The molecule has 0 amide bonds. The third kappa shape index (κ3) is 3.61. The summed E-state index contributed by atoms with van der Waals surface area (Å²) in [5.41, 5.74) is 2.05. The molecule has 120 valence electrons. The van der Waals surface area contributed by atoms with Gasteiger partial charge in [-0.3, -0.25) is 4.79 Å². The van der Waals surface area contributed by atoms with E-state index in [0.717, 1.165) is 24.6 Å². The van der Waals surface area contributed by atoms with Crippen LogP contribution in [0.3, 0.4) is 0 Å². The van der Waals surface area contributed by atoms with Gasteiger partial charge in [-0.1, -0.05) is 26.0 Å². The molecule has 3 nitrogen and oxygen atoms in total. The van der Waals surface area contributed by atoms with E-state index in [1.165, 1.54) is 5.56 Å². The summed E-state index contributed by atoms with van der Waals surface area (Å²) in [6.45, 7) is 12.6. The number of hydrogen-bond acceptors (Lipinski definition) is 3. The first-order chi connectivity index (χ1) is 10.1. The average Bonchev–Trinajstić information content (AvgIpc) is 2.65. The van der Waals surface area contributed by atoms with Crippen molar-refractivity contribution in [3.8, 4) is 0 Å². The highest BCUT2D eigenvalue weighted by Crippen LogP contribution is 2.36. The Kier molecular flexibility index (Phi) is 4.83. The molecule has 1 aliphatic heterocycles. The van der Waals surface area contributed by atoms with Crippen molar-refractivity contribution in [2.75, 3.05) is 0 Å². The van der Waals surface area contributed by atoms with E-state index in [4.69, 9.17) is 9.31 Å². The summed E-state index contributed by atoms with van der Waals surface area (Å²) in [5.74, 6) is 0.639. The van der Waals surface area contributed by atoms with Crippen LogP contribution in [0.15, 0.2) is 18.2 Å². The van der Waals surface area contributed by atoms with Crippen molar-refractivity contribution in [1.29, 1.82) is 0 Å². The number of carbonyl (C=O) groups excluding carboxylic acids is 1. The summed E-state index contributed by atoms with van der Waals surface area (Å²) >= 11 is 0. The van der Waals surface area contributed by atoms with E-state index in [9.17, 15) is 4.79 Å². The number of benzene rings is 1. The van der Waals surface area contributed by atoms with Crippen molar-refractivity contribution in [1.82, 2.24) is 0 Å². The molecule has 1 aromatic carbocycles. The number of carbonyl (C=O) groups is 1. The summed E-state index contributed by atoms with van der Waals surface area (Å²) in [4.78, 5) is 11.2. The Morgan fingerprint density at radius 3 is 2.18 bits per heavy atom. The van der Waals surface area contributed by atoms with E-state index >= 15 is 0 Å². The van der Waals surface area contributed by atoms with Crippen LogP contribution in [-0.2, 0) is 15.7 Å². The maximum Gasteiger partial charge on any atom is 0.494 e. The minimum absolute atomic E-state index is 0.368. The van der Waals surface area contributed by atoms with Gasteiger partial charge in [0.15, 0.2) is 0 Å². The van der Waals surface area contributed by atoms with Gasteiger partial charge in [0.1, 0.15) is 6.29 Å². The van der Waals surface area contributed by atoms with E-state index in [-0.39, 0.29) is 11.2 Å². The quantitative estimate of drug-likeness (QED) is 0.618. The summed E-state index contributed by atoms with van der Waals surface area (Å²) < 4.78 is 12.2. The van der Waals surface area contributed by atoms with Crippen molar-refractivity contribution in [2.24, 2.45) is 5.92 Å². The monoisotopic (exact) mass is 302 g/mol. The topological polar surface area (TPSA) is 35.5 Å². The molecule has 0 unspecified atom stereocenters. The number of rotatable bonds is 5. The molecule has 1 aliphatic rings. The van der Waals surface area contributed by atoms with Gasteiger partial charge in [-0.25, -0.2) is 0 Å². The zero-order valence-corrected chi connectivity index (χ0v) is 14.6. The Balaban J connectivity index is 2.27. The normalized spacial score (nSPS) is 19.7. The zero-order valence-electron chi connectivity index (χ0n) is 14.6. The molecule has 0 aromatic heterocycles. The van der Waals surface area contributed by atoms with Crippen LogP contribution in [-0.4, -0.2) is 24.6 Å². The molecule has 0 saturated carbocycles. The summed E-state index contributed by atoms with van der Waals surface area (Å²) in [5, 5.41) is 0. The van der Waals surface area contributed by atoms with Crippen LogP contribution in [0.4, 0.5) is 0 Å². The lowest BCUT2D eigenvalue weighted by Crippen LogP contribution is -2.41. The first kappa shape index (κ1) is 17.2. The van der Waals surface area contributed by atoms with Gasteiger partial charge in [-0.05, 0) is 63.5 Å². The van der Waals surface area contributed by atoms with Crippen LogP contribution in [0.5, 0.6) is 0 Å². The van der Waals surface area contributed by atoms with Gasteiger partial charge in [0.05, 0.1) is 11.2 Å². The van der Waals surface area contributed by atoms with Crippen molar-refractivity contribution in [3.63, 3.8) is 0 Å². The van der Waals surface area contributed by atoms with E-state index < -0.39 is 7.12 Å². The minimum Gasteiger partial charge on any atom is -0.399 e. The molecule has 0 spiro atoms. The lowest BCUT2D eigenvalue weighted by Gasteiger charge is -2.32. The molecule has 0 aliphatic carbocycles. The fourth-order valence-corrected chi connectivity index (χ4v) is 2.53. The predicted molar refractivity (Wildman–Crippen MR) is 90.7 cm³/mol. The molecule has 1 aromatic rings. The van der Waals surface area contributed by atoms with Crippen molar-refractivity contribution >= 4 is 18.9 Å². The fourth-order valence-electron chi connectivity index (χ4n) is 2.53. The van der Waals surface area contributed by atoms with E-state index in [1.807, 2.05) is 39.8 Å². The second-order valence-corrected chi connectivity index (χ2v) is 7.65. The van der Waals surface area contributed by atoms with Crippen LogP contribution in [0.2, 0.25) is 0 Å². The third-order valence-electron chi connectivity index (χ3n) is 4.71. The Labute approximate surface area is 134 Å². The highest BCUT2D eigenvalue weighted by atomic mass is 16.7. The third-order valence-corrected chi connectivity index (χ3v) is 4.71. The number of aldehydes is 1. The fraction of sp³-hybridized carbons (Fsp3) is 0.611. The smallest absolute Gasteiger partial charge is 0.399 e. The van der Waals surface area contributed by atoms with E-state index in [2.05, 4.69) is 19.9 Å². The second-order valence-electron chi connectivity index (χ2n) is 7.65. The van der Waals surface area contributed by atoms with Gasteiger partial charge in [0.2, 0.25) is 0 Å². The van der Waals surface area contributed by atoms with Gasteiger partial charge in [-0.2, -0.15) is 0 Å². The maximum absolute atomic E-state index is 11.2. The van der Waals surface area contributed by atoms with E-state index in [0.29, 0.717) is 11.5 Å². The maximum atomic E-state index is 11.2. The van der Waals surface area contributed by atoms with Gasteiger partial charge >= 0.3 is 7.12 Å². The van der Waals surface area contributed by atoms with Crippen LogP contribution < -0.4 is 5.46 Å². The molecule has 0 radical (unpaired) electrons. The van der Waals surface area contributed by atoms with Gasteiger partial charge in [0.25, 0.3) is 0 Å². The van der Waals surface area contributed by atoms with Crippen LogP contribution in [0.1, 0.15) is 63.9 Å². The highest BCUT2D eigenvalue weighted by Gasteiger charge is 2.51. The number of aryl methyl sites for hydroxylation is 1. The molecule has 1 heterocycles. The molecule has 1 saturated heterocycles.